The number of para-hydroxylation sites is 1. The van der Waals surface area contributed by atoms with Gasteiger partial charge in [-0.15, -0.1) is 0 Å². The van der Waals surface area contributed by atoms with Gasteiger partial charge < -0.3 is 29.8 Å². The van der Waals surface area contributed by atoms with Crippen molar-refractivity contribution in [1.82, 2.24) is 15.6 Å². The van der Waals surface area contributed by atoms with Gasteiger partial charge in [0.2, 0.25) is 11.8 Å². The zero-order chi connectivity index (χ0) is 31.5. The largest absolute Gasteiger partial charge is 0.382 e. The molecule has 0 radical (unpaired) electrons. The molecule has 1 heterocycles. The monoisotopic (exact) mass is 613 g/mol. The molecule has 0 saturated heterocycles. The van der Waals surface area contributed by atoms with Gasteiger partial charge in [-0.05, 0) is 43.7 Å². The number of allylic oxidation sites excluding steroid dienone is 2. The van der Waals surface area contributed by atoms with Crippen LogP contribution in [-0.2, 0) is 30.2 Å². The molecular weight excluding hydrogens is 554 g/mol. The Morgan fingerprint density at radius 2 is 1.45 bits per heavy atom. The van der Waals surface area contributed by atoms with E-state index >= 15 is 0 Å². The first-order chi connectivity index (χ1) is 21.7. The molecule has 0 aliphatic carbocycles. The number of hydrogen-bond donors (Lipinski definition) is 3. The van der Waals surface area contributed by atoms with Crippen molar-refractivity contribution in [2.75, 3.05) is 46.7 Å². The van der Waals surface area contributed by atoms with Crippen molar-refractivity contribution in [3.8, 4) is 0 Å². The van der Waals surface area contributed by atoms with E-state index in [9.17, 15) is 9.59 Å². The molecule has 0 aliphatic rings. The maximum atomic E-state index is 13.1. The number of nitrogens with one attached hydrogen (secondary N) is 3. The van der Waals surface area contributed by atoms with Crippen molar-refractivity contribution < 1.29 is 23.8 Å². The van der Waals surface area contributed by atoms with Crippen LogP contribution in [0.4, 0.5) is 0 Å². The number of methoxy groups -OCH3 is 1. The lowest BCUT2D eigenvalue weighted by atomic mass is 10.0. The molecule has 248 valence electrons. The van der Waals surface area contributed by atoms with E-state index in [1.165, 1.54) is 64.2 Å². The van der Waals surface area contributed by atoms with E-state index in [2.05, 4.69) is 34.7 Å². The summed E-state index contributed by atoms with van der Waals surface area (Å²) in [5.41, 5.74) is 2.02. The van der Waals surface area contributed by atoms with Crippen molar-refractivity contribution in [2.45, 2.75) is 109 Å². The number of hydrogen-bond acceptors (Lipinski definition) is 5. The molecule has 1 aromatic heterocycles. The van der Waals surface area contributed by atoms with Gasteiger partial charge in [0, 0.05) is 43.6 Å². The Morgan fingerprint density at radius 3 is 2.18 bits per heavy atom. The Morgan fingerprint density at radius 1 is 0.818 bits per heavy atom. The fourth-order valence-corrected chi connectivity index (χ4v) is 5.19. The standard InChI is InChI=1S/C36H59N3O5/c1-3-4-5-6-7-8-9-10-11-12-13-14-15-16-17-22-35(40)39-34(29-31-30-38-33-21-19-18-20-32(31)33)36(41)37-23-24-43-27-28-44-26-25-42-2/h8-9,18-21,30,34,38H,3-7,10-17,22-29H2,1-2H3,(H,37,41)(H,39,40)/b9-8+. The highest BCUT2D eigenvalue weighted by Gasteiger charge is 2.22. The van der Waals surface area contributed by atoms with E-state index in [0.29, 0.717) is 52.4 Å². The fourth-order valence-electron chi connectivity index (χ4n) is 5.19. The van der Waals surface area contributed by atoms with Gasteiger partial charge in [0.15, 0.2) is 0 Å². The van der Waals surface area contributed by atoms with Crippen molar-refractivity contribution in [1.29, 1.82) is 0 Å². The normalized spacial score (nSPS) is 12.2. The predicted octanol–water partition coefficient (Wildman–Crippen LogP) is 7.03. The Bertz CT molecular complexity index is 1040. The molecule has 8 nitrogen and oxygen atoms in total. The number of carbonyl (C=O) groups excluding carboxylic acids is 2. The van der Waals surface area contributed by atoms with Crippen LogP contribution < -0.4 is 10.6 Å². The van der Waals surface area contributed by atoms with Crippen molar-refractivity contribution in [2.24, 2.45) is 0 Å². The summed E-state index contributed by atoms with van der Waals surface area (Å²) in [6.45, 7) is 5.01. The van der Waals surface area contributed by atoms with Crippen LogP contribution >= 0.6 is 0 Å². The Kier molecular flexibility index (Phi) is 21.8. The number of aromatic amines is 1. The van der Waals surface area contributed by atoms with Crippen LogP contribution in [0.25, 0.3) is 10.9 Å². The summed E-state index contributed by atoms with van der Waals surface area (Å²) in [5.74, 6) is -0.272. The minimum absolute atomic E-state index is 0.0732. The topological polar surface area (TPSA) is 102 Å². The van der Waals surface area contributed by atoms with Gasteiger partial charge in [-0.25, -0.2) is 0 Å². The molecular formula is C36H59N3O5. The second kappa shape index (κ2) is 25.6. The summed E-state index contributed by atoms with van der Waals surface area (Å²) in [6, 6.07) is 7.36. The lowest BCUT2D eigenvalue weighted by Gasteiger charge is -2.18. The Labute approximate surface area is 266 Å². The van der Waals surface area contributed by atoms with E-state index in [1.807, 2.05) is 30.5 Å². The van der Waals surface area contributed by atoms with Crippen LogP contribution in [0.2, 0.25) is 0 Å². The third-order valence-corrected chi connectivity index (χ3v) is 7.77. The molecule has 44 heavy (non-hydrogen) atoms. The molecule has 2 aromatic rings. The highest BCUT2D eigenvalue weighted by Crippen LogP contribution is 2.19. The predicted molar refractivity (Wildman–Crippen MR) is 180 cm³/mol. The van der Waals surface area contributed by atoms with E-state index in [1.54, 1.807) is 7.11 Å². The van der Waals surface area contributed by atoms with Crippen molar-refractivity contribution in [3.63, 3.8) is 0 Å². The Balaban J connectivity index is 1.65. The fraction of sp³-hybridized carbons (Fsp3) is 0.667. The first-order valence-corrected chi connectivity index (χ1v) is 17.1. The first kappa shape index (κ1) is 37.5. The molecule has 0 aliphatic heterocycles. The van der Waals surface area contributed by atoms with Crippen molar-refractivity contribution in [3.05, 3.63) is 48.2 Å². The van der Waals surface area contributed by atoms with Crippen LogP contribution in [0, 0.1) is 0 Å². The summed E-state index contributed by atoms with van der Waals surface area (Å²) in [6.07, 6.45) is 23.3. The number of rotatable bonds is 28. The smallest absolute Gasteiger partial charge is 0.243 e. The highest BCUT2D eigenvalue weighted by molar-refractivity contribution is 5.89. The Hall–Kier alpha value is -2.68. The van der Waals surface area contributed by atoms with Gasteiger partial charge in [-0.3, -0.25) is 9.59 Å². The van der Waals surface area contributed by atoms with Gasteiger partial charge >= 0.3 is 0 Å². The van der Waals surface area contributed by atoms with E-state index in [-0.39, 0.29) is 11.8 Å². The lowest BCUT2D eigenvalue weighted by Crippen LogP contribution is -2.48. The van der Waals surface area contributed by atoms with Gasteiger partial charge in [0.25, 0.3) is 0 Å². The van der Waals surface area contributed by atoms with E-state index in [4.69, 9.17) is 14.2 Å². The number of fused-ring (bicyclic) bond motifs is 1. The second-order valence-corrected chi connectivity index (χ2v) is 11.5. The van der Waals surface area contributed by atoms with Crippen LogP contribution in [-0.4, -0.2) is 69.5 Å². The molecule has 1 atom stereocenters. The molecule has 3 N–H and O–H groups in total. The average Bonchev–Trinajstić information content (AvgIpc) is 3.44. The number of ether oxygens (including phenoxy) is 3. The number of aromatic nitrogens is 1. The molecule has 1 aromatic carbocycles. The van der Waals surface area contributed by atoms with E-state index < -0.39 is 6.04 Å². The maximum Gasteiger partial charge on any atom is 0.243 e. The highest BCUT2D eigenvalue weighted by atomic mass is 16.5. The lowest BCUT2D eigenvalue weighted by molar-refractivity contribution is -0.129. The molecule has 0 bridgehead atoms. The van der Waals surface area contributed by atoms with Crippen molar-refractivity contribution >= 4 is 22.7 Å². The maximum absolute atomic E-state index is 13.1. The number of unbranched alkanes of at least 4 members (excludes halogenated alkanes) is 11. The zero-order valence-electron chi connectivity index (χ0n) is 27.5. The minimum atomic E-state index is -0.649. The van der Waals surface area contributed by atoms with Gasteiger partial charge in [0.1, 0.15) is 6.04 Å². The molecule has 0 fully saturated rings. The summed E-state index contributed by atoms with van der Waals surface area (Å²) in [4.78, 5) is 29.2. The minimum Gasteiger partial charge on any atom is -0.382 e. The molecule has 2 rings (SSSR count). The quantitative estimate of drug-likeness (QED) is 0.0707. The van der Waals surface area contributed by atoms with Gasteiger partial charge in [-0.1, -0.05) is 88.6 Å². The number of carbonyl (C=O) groups is 2. The third kappa shape index (κ3) is 17.6. The SMILES string of the molecule is CCCCCC/C=C/CCCCCCCCCC(=O)NC(Cc1c[nH]c2ccccc12)C(=O)NCCOCCOCCOC. The summed E-state index contributed by atoms with van der Waals surface area (Å²) >= 11 is 0. The number of H-pyrrole nitrogens is 1. The zero-order valence-corrected chi connectivity index (χ0v) is 27.5. The summed E-state index contributed by atoms with van der Waals surface area (Å²) in [5, 5.41) is 7.00. The third-order valence-electron chi connectivity index (χ3n) is 7.77. The molecule has 1 unspecified atom stereocenters. The summed E-state index contributed by atoms with van der Waals surface area (Å²) in [7, 11) is 1.64. The first-order valence-electron chi connectivity index (χ1n) is 17.1. The molecule has 8 heteroatoms. The van der Waals surface area contributed by atoms with Gasteiger partial charge in [-0.2, -0.15) is 0 Å². The molecule has 0 spiro atoms. The van der Waals surface area contributed by atoms with Crippen LogP contribution in [0.1, 0.15) is 102 Å². The number of benzene rings is 1. The van der Waals surface area contributed by atoms with E-state index in [0.717, 1.165) is 35.7 Å². The van der Waals surface area contributed by atoms with Gasteiger partial charge in [0.05, 0.1) is 33.0 Å². The average molecular weight is 614 g/mol. The summed E-state index contributed by atoms with van der Waals surface area (Å²) < 4.78 is 15.9. The molecule has 2 amide bonds. The number of amides is 2. The molecule has 0 saturated carbocycles. The van der Waals surface area contributed by atoms with Crippen LogP contribution in [0.5, 0.6) is 0 Å². The second-order valence-electron chi connectivity index (χ2n) is 11.5. The van der Waals surface area contributed by atoms with Crippen LogP contribution in [0.15, 0.2) is 42.6 Å². The van der Waals surface area contributed by atoms with Crippen LogP contribution in [0.3, 0.4) is 0 Å².